The lowest BCUT2D eigenvalue weighted by Crippen LogP contribution is -2.30. The third-order valence-corrected chi connectivity index (χ3v) is 4.56. The van der Waals surface area contributed by atoms with Gasteiger partial charge in [-0.05, 0) is 37.2 Å². The molecule has 0 amide bonds. The Morgan fingerprint density at radius 2 is 2.06 bits per heavy atom. The quantitative estimate of drug-likeness (QED) is 0.699. The molecule has 17 heavy (non-hydrogen) atoms. The number of fused-ring (bicyclic) bond motifs is 1. The zero-order valence-electron chi connectivity index (χ0n) is 10.6. The summed E-state index contributed by atoms with van der Waals surface area (Å²) in [6, 6.07) is 0.770. The normalized spacial score (nSPS) is 37.4. The Balaban J connectivity index is 1.42. The van der Waals surface area contributed by atoms with Gasteiger partial charge < -0.3 is 10.4 Å². The summed E-state index contributed by atoms with van der Waals surface area (Å²) in [7, 11) is 0. The second kappa shape index (κ2) is 4.71. The highest BCUT2D eigenvalue weighted by molar-refractivity contribution is 5.04. The van der Waals surface area contributed by atoms with E-state index in [2.05, 4.69) is 16.8 Å². The van der Waals surface area contributed by atoms with Crippen LogP contribution in [0, 0.1) is 11.8 Å². The average molecular weight is 236 g/mol. The molecule has 3 fully saturated rings. The lowest BCUT2D eigenvalue weighted by molar-refractivity contribution is 0.125. The van der Waals surface area contributed by atoms with Crippen LogP contribution in [0.15, 0.2) is 12.2 Å². The molecule has 3 rings (SSSR count). The number of hydrogen-bond acceptors (Lipinski definition) is 3. The van der Waals surface area contributed by atoms with E-state index in [4.69, 9.17) is 0 Å². The highest BCUT2D eigenvalue weighted by Gasteiger charge is 2.41. The van der Waals surface area contributed by atoms with Crippen molar-refractivity contribution in [1.29, 1.82) is 0 Å². The number of aliphatic hydroxyl groups excluding tert-OH is 1. The summed E-state index contributed by atoms with van der Waals surface area (Å²) in [5, 5.41) is 13.4. The maximum Gasteiger partial charge on any atom is 0.0583 e. The summed E-state index contributed by atoms with van der Waals surface area (Å²) >= 11 is 0. The van der Waals surface area contributed by atoms with Crippen molar-refractivity contribution in [1.82, 2.24) is 10.2 Å². The third kappa shape index (κ3) is 2.72. The van der Waals surface area contributed by atoms with E-state index in [0.717, 1.165) is 38.0 Å². The lowest BCUT2D eigenvalue weighted by atomic mass is 10.00. The topological polar surface area (TPSA) is 35.5 Å². The van der Waals surface area contributed by atoms with E-state index < -0.39 is 0 Å². The third-order valence-electron chi connectivity index (χ3n) is 4.56. The molecule has 0 bridgehead atoms. The Morgan fingerprint density at radius 3 is 2.76 bits per heavy atom. The molecule has 0 spiro atoms. The molecule has 3 unspecified atom stereocenters. The van der Waals surface area contributed by atoms with Crippen LogP contribution in [0.5, 0.6) is 0 Å². The summed E-state index contributed by atoms with van der Waals surface area (Å²) in [5.41, 5.74) is 1.30. The molecular formula is C14H24N2O. The number of aliphatic hydroxyl groups is 1. The van der Waals surface area contributed by atoms with Gasteiger partial charge in [0.15, 0.2) is 0 Å². The average Bonchev–Trinajstić information content (AvgIpc) is 2.96. The van der Waals surface area contributed by atoms with Crippen LogP contribution in [0.1, 0.15) is 25.7 Å². The standard InChI is InChI=1S/C14H24N2O/c1-10(6-15-12-3-4-12)7-16-8-11-2-5-14(17)13(11)9-16/h11-15,17H,1-9H2. The van der Waals surface area contributed by atoms with E-state index in [1.807, 2.05) is 0 Å². The first-order chi connectivity index (χ1) is 8.22. The molecule has 0 radical (unpaired) electrons. The summed E-state index contributed by atoms with van der Waals surface area (Å²) in [6.45, 7) is 8.40. The second-order valence-corrected chi connectivity index (χ2v) is 6.17. The summed E-state index contributed by atoms with van der Waals surface area (Å²) in [5.74, 6) is 1.29. The van der Waals surface area contributed by atoms with E-state index in [1.165, 1.54) is 31.4 Å². The molecule has 2 aliphatic carbocycles. The van der Waals surface area contributed by atoms with Crippen LogP contribution in [-0.2, 0) is 0 Å². The van der Waals surface area contributed by atoms with Gasteiger partial charge in [0.05, 0.1) is 6.10 Å². The number of nitrogens with one attached hydrogen (secondary N) is 1. The Morgan fingerprint density at radius 1 is 1.24 bits per heavy atom. The van der Waals surface area contributed by atoms with Gasteiger partial charge in [0.2, 0.25) is 0 Å². The Hall–Kier alpha value is -0.380. The highest BCUT2D eigenvalue weighted by Crippen LogP contribution is 2.38. The van der Waals surface area contributed by atoms with Gasteiger partial charge in [-0.3, -0.25) is 4.90 Å². The molecule has 96 valence electrons. The van der Waals surface area contributed by atoms with E-state index in [-0.39, 0.29) is 6.10 Å². The van der Waals surface area contributed by atoms with Crippen molar-refractivity contribution in [3.05, 3.63) is 12.2 Å². The highest BCUT2D eigenvalue weighted by atomic mass is 16.3. The fourth-order valence-corrected chi connectivity index (χ4v) is 3.41. The van der Waals surface area contributed by atoms with Crippen LogP contribution in [0.4, 0.5) is 0 Å². The van der Waals surface area contributed by atoms with Crippen LogP contribution in [0.25, 0.3) is 0 Å². The number of hydrogen-bond donors (Lipinski definition) is 2. The number of nitrogens with zero attached hydrogens (tertiary/aromatic N) is 1. The minimum absolute atomic E-state index is 0.0390. The molecule has 1 aliphatic heterocycles. The molecule has 2 N–H and O–H groups in total. The Kier molecular flexibility index (Phi) is 3.24. The minimum atomic E-state index is -0.0390. The van der Waals surface area contributed by atoms with Crippen LogP contribution in [0.2, 0.25) is 0 Å². The van der Waals surface area contributed by atoms with Crippen molar-refractivity contribution in [2.24, 2.45) is 11.8 Å². The maximum absolute atomic E-state index is 9.87. The van der Waals surface area contributed by atoms with Gasteiger partial charge in [-0.1, -0.05) is 6.58 Å². The zero-order chi connectivity index (χ0) is 11.8. The van der Waals surface area contributed by atoms with Crippen LogP contribution < -0.4 is 5.32 Å². The molecule has 1 saturated heterocycles. The Bertz CT molecular complexity index is 301. The van der Waals surface area contributed by atoms with E-state index in [9.17, 15) is 5.11 Å². The van der Waals surface area contributed by atoms with Gasteiger partial charge in [-0.25, -0.2) is 0 Å². The monoisotopic (exact) mass is 236 g/mol. The molecule has 0 aromatic rings. The second-order valence-electron chi connectivity index (χ2n) is 6.17. The molecule has 3 heteroatoms. The largest absolute Gasteiger partial charge is 0.393 e. The first kappa shape index (κ1) is 11.7. The first-order valence-corrected chi connectivity index (χ1v) is 7.03. The SMILES string of the molecule is C=C(CNC1CC1)CN1CC2CCC(O)C2C1. The Labute approximate surface area is 104 Å². The minimum Gasteiger partial charge on any atom is -0.393 e. The van der Waals surface area contributed by atoms with E-state index in [1.54, 1.807) is 0 Å². The molecule has 1 heterocycles. The molecule has 0 aromatic heterocycles. The van der Waals surface area contributed by atoms with Crippen LogP contribution >= 0.6 is 0 Å². The van der Waals surface area contributed by atoms with Crippen molar-refractivity contribution in [2.45, 2.75) is 37.8 Å². The summed E-state index contributed by atoms with van der Waals surface area (Å²) in [6.07, 6.45) is 4.88. The zero-order valence-corrected chi connectivity index (χ0v) is 10.6. The molecule has 3 nitrogen and oxygen atoms in total. The van der Waals surface area contributed by atoms with Gasteiger partial charge in [0.1, 0.15) is 0 Å². The van der Waals surface area contributed by atoms with Crippen molar-refractivity contribution < 1.29 is 5.11 Å². The predicted molar refractivity (Wildman–Crippen MR) is 68.8 cm³/mol. The van der Waals surface area contributed by atoms with Gasteiger partial charge >= 0.3 is 0 Å². The summed E-state index contributed by atoms with van der Waals surface area (Å²) < 4.78 is 0. The number of rotatable bonds is 5. The molecule has 2 saturated carbocycles. The summed E-state index contributed by atoms with van der Waals surface area (Å²) in [4.78, 5) is 2.48. The molecule has 0 aromatic carbocycles. The first-order valence-electron chi connectivity index (χ1n) is 7.03. The molecular weight excluding hydrogens is 212 g/mol. The molecule has 3 aliphatic rings. The van der Waals surface area contributed by atoms with Crippen LogP contribution in [0.3, 0.4) is 0 Å². The maximum atomic E-state index is 9.87. The smallest absolute Gasteiger partial charge is 0.0583 e. The predicted octanol–water partition coefficient (Wildman–Crippen LogP) is 0.997. The number of likely N-dealkylation sites (tertiary alicyclic amines) is 1. The van der Waals surface area contributed by atoms with Gasteiger partial charge in [-0.15, -0.1) is 0 Å². The van der Waals surface area contributed by atoms with Gasteiger partial charge in [0, 0.05) is 38.1 Å². The van der Waals surface area contributed by atoms with E-state index >= 15 is 0 Å². The molecule has 3 atom stereocenters. The van der Waals surface area contributed by atoms with Crippen molar-refractivity contribution in [3.63, 3.8) is 0 Å². The lowest BCUT2D eigenvalue weighted by Gasteiger charge is -2.19. The van der Waals surface area contributed by atoms with Crippen molar-refractivity contribution in [3.8, 4) is 0 Å². The van der Waals surface area contributed by atoms with Gasteiger partial charge in [0.25, 0.3) is 0 Å². The fraction of sp³-hybridized carbons (Fsp3) is 0.857. The van der Waals surface area contributed by atoms with Crippen LogP contribution in [-0.4, -0.2) is 48.3 Å². The van der Waals surface area contributed by atoms with Crippen molar-refractivity contribution in [2.75, 3.05) is 26.2 Å². The van der Waals surface area contributed by atoms with Gasteiger partial charge in [-0.2, -0.15) is 0 Å². The van der Waals surface area contributed by atoms with Crippen molar-refractivity contribution >= 4 is 0 Å². The van der Waals surface area contributed by atoms with E-state index in [0.29, 0.717) is 5.92 Å². The fourth-order valence-electron chi connectivity index (χ4n) is 3.41.